The van der Waals surface area contributed by atoms with Crippen LogP contribution in [0, 0.1) is 11.8 Å². The van der Waals surface area contributed by atoms with Crippen LogP contribution in [0.3, 0.4) is 0 Å². The fourth-order valence-electron chi connectivity index (χ4n) is 0.339. The van der Waals surface area contributed by atoms with Crippen molar-refractivity contribution in [2.75, 3.05) is 0 Å². The minimum atomic E-state index is -1.73. The predicted octanol–water partition coefficient (Wildman–Crippen LogP) is 0.919. The van der Waals surface area contributed by atoms with Gasteiger partial charge in [0.05, 0.1) is 0 Å². The molecule has 74 valence electrons. The molecule has 0 unspecified atom stereocenters. The van der Waals surface area contributed by atoms with Gasteiger partial charge in [0.1, 0.15) is 0 Å². The fourth-order valence-corrected chi connectivity index (χ4v) is 2.27. The Balaban J connectivity index is 3.57. The summed E-state index contributed by atoms with van der Waals surface area (Å²) in [6, 6.07) is 0. The van der Waals surface area contributed by atoms with E-state index in [1.807, 2.05) is 0 Å². The molecule has 0 fully saturated rings. The number of carbonyl (C=O) groups is 2. The molecule has 0 N–H and O–H groups in total. The van der Waals surface area contributed by atoms with Crippen molar-refractivity contribution in [2.45, 2.75) is 27.7 Å². The van der Waals surface area contributed by atoms with Crippen LogP contribution < -0.4 is 0 Å². The molecule has 0 amide bonds. The summed E-state index contributed by atoms with van der Waals surface area (Å²) >= 11 is -1.73. The molecule has 4 nitrogen and oxygen atoms in total. The average Bonchev–Trinajstić information content (AvgIpc) is 2.03. The molecule has 0 aliphatic heterocycles. The van der Waals surface area contributed by atoms with Gasteiger partial charge in [-0.1, -0.05) is 0 Å². The average molecular weight is 293 g/mol. The fraction of sp³-hybridized carbons (Fsp3) is 0.750. The second-order valence-corrected chi connectivity index (χ2v) is 4.88. The summed E-state index contributed by atoms with van der Waals surface area (Å²) in [6.45, 7) is 6.97. The van der Waals surface area contributed by atoms with Crippen LogP contribution in [-0.2, 0) is 15.7 Å². The third-order valence-corrected chi connectivity index (χ3v) is 2.85. The number of rotatable bonds is 4. The van der Waals surface area contributed by atoms with Crippen molar-refractivity contribution in [3.63, 3.8) is 0 Å². The molecule has 0 aromatic heterocycles. The van der Waals surface area contributed by atoms with Gasteiger partial charge < -0.3 is 0 Å². The molecule has 0 spiro atoms. The van der Waals surface area contributed by atoms with E-state index in [2.05, 4.69) is 0 Å². The van der Waals surface area contributed by atoms with Gasteiger partial charge in [0.2, 0.25) is 0 Å². The quantitative estimate of drug-likeness (QED) is 0.723. The summed E-state index contributed by atoms with van der Waals surface area (Å²) in [7, 11) is 0. The summed E-state index contributed by atoms with van der Waals surface area (Å²) in [4.78, 5) is 21.8. The van der Waals surface area contributed by atoms with Crippen molar-refractivity contribution >= 4 is 33.9 Å². The van der Waals surface area contributed by atoms with Gasteiger partial charge in [-0.2, -0.15) is 0 Å². The van der Waals surface area contributed by atoms with Crippen LogP contribution in [0.25, 0.3) is 0 Å². The molecule has 2 radical (unpaired) electrons. The Hall–Kier alpha value is -0.261. The van der Waals surface area contributed by atoms with Gasteiger partial charge in [0.25, 0.3) is 0 Å². The van der Waals surface area contributed by atoms with E-state index in [1.165, 1.54) is 0 Å². The van der Waals surface area contributed by atoms with Gasteiger partial charge >= 0.3 is 89.2 Å². The molecule has 0 aromatic carbocycles. The molecule has 0 aromatic rings. The molecule has 0 saturated heterocycles. The molecule has 5 heteroatoms. The minimum absolute atomic E-state index is 0.154. The van der Waals surface area contributed by atoms with Crippen molar-refractivity contribution in [3.8, 4) is 0 Å². The van der Waals surface area contributed by atoms with Crippen molar-refractivity contribution in [1.82, 2.24) is 0 Å². The maximum absolute atomic E-state index is 10.9. The SMILES string of the molecule is CC(C)C(=O)[O][Sn][O]C(=O)C(C)C. The Labute approximate surface area is 89.3 Å². The first kappa shape index (κ1) is 12.7. The normalized spacial score (nSPS) is 10.3. The number of hydrogen-bond acceptors (Lipinski definition) is 4. The molecule has 13 heavy (non-hydrogen) atoms. The van der Waals surface area contributed by atoms with Crippen molar-refractivity contribution in [2.24, 2.45) is 11.8 Å². The summed E-state index contributed by atoms with van der Waals surface area (Å²) in [6.07, 6.45) is 0. The third-order valence-electron chi connectivity index (χ3n) is 1.23. The van der Waals surface area contributed by atoms with Crippen LogP contribution in [0.1, 0.15) is 27.7 Å². The number of hydrogen-bond donors (Lipinski definition) is 0. The van der Waals surface area contributed by atoms with Crippen LogP contribution in [0.2, 0.25) is 0 Å². The van der Waals surface area contributed by atoms with E-state index in [9.17, 15) is 9.59 Å². The predicted molar refractivity (Wildman–Crippen MR) is 47.6 cm³/mol. The molecule has 0 rings (SSSR count). The van der Waals surface area contributed by atoms with Gasteiger partial charge in [-0.05, 0) is 0 Å². The van der Waals surface area contributed by atoms with Crippen LogP contribution in [0.4, 0.5) is 0 Å². The zero-order chi connectivity index (χ0) is 10.4. The Morgan fingerprint density at radius 3 is 1.46 bits per heavy atom. The first-order valence-corrected chi connectivity index (χ1v) is 6.44. The van der Waals surface area contributed by atoms with Crippen molar-refractivity contribution in [1.29, 1.82) is 0 Å². The van der Waals surface area contributed by atoms with E-state index in [4.69, 9.17) is 6.15 Å². The zero-order valence-electron chi connectivity index (χ0n) is 8.29. The van der Waals surface area contributed by atoms with E-state index in [0.29, 0.717) is 0 Å². The second kappa shape index (κ2) is 6.23. The van der Waals surface area contributed by atoms with Gasteiger partial charge in [0.15, 0.2) is 0 Å². The summed E-state index contributed by atoms with van der Waals surface area (Å²) < 4.78 is 9.62. The van der Waals surface area contributed by atoms with Crippen molar-refractivity contribution < 1.29 is 15.7 Å². The molecular weight excluding hydrogens is 279 g/mol. The second-order valence-electron chi connectivity index (χ2n) is 3.23. The Morgan fingerprint density at radius 2 is 1.23 bits per heavy atom. The summed E-state index contributed by atoms with van der Waals surface area (Å²) in [5.74, 6) is -0.886. The molecule has 0 atom stereocenters. The molecule has 0 aliphatic carbocycles. The first-order chi connectivity index (χ1) is 5.95. The van der Waals surface area contributed by atoms with Crippen molar-refractivity contribution in [3.05, 3.63) is 0 Å². The topological polar surface area (TPSA) is 52.6 Å². The third kappa shape index (κ3) is 5.90. The summed E-state index contributed by atoms with van der Waals surface area (Å²) in [5, 5.41) is 0. The van der Waals surface area contributed by atoms with E-state index in [-0.39, 0.29) is 23.8 Å². The van der Waals surface area contributed by atoms with E-state index >= 15 is 0 Å². The van der Waals surface area contributed by atoms with Gasteiger partial charge in [-0.3, -0.25) is 0 Å². The standard InChI is InChI=1S/2C4H8O2.Sn/c2*1-3(2)4(5)6;/h2*3H,1-2H3,(H,5,6);/q;;+2/p-2. The molecule has 0 heterocycles. The van der Waals surface area contributed by atoms with E-state index in [0.717, 1.165) is 0 Å². The monoisotopic (exact) mass is 294 g/mol. The van der Waals surface area contributed by atoms with Gasteiger partial charge in [-0.25, -0.2) is 0 Å². The summed E-state index contributed by atoms with van der Waals surface area (Å²) in [5.41, 5.74) is 0. The Morgan fingerprint density at radius 1 is 0.923 bits per heavy atom. The molecule has 0 bridgehead atoms. The first-order valence-electron chi connectivity index (χ1n) is 4.11. The Kier molecular flexibility index (Phi) is 6.11. The maximum atomic E-state index is 10.9. The number of carbonyl (C=O) groups excluding carboxylic acids is 2. The Bertz CT molecular complexity index is 169. The zero-order valence-corrected chi connectivity index (χ0v) is 11.1. The van der Waals surface area contributed by atoms with Gasteiger partial charge in [0, 0.05) is 0 Å². The van der Waals surface area contributed by atoms with Crippen LogP contribution >= 0.6 is 0 Å². The van der Waals surface area contributed by atoms with Crippen LogP contribution in [0.15, 0.2) is 0 Å². The molecular formula is C8H14O4Sn. The van der Waals surface area contributed by atoms with Gasteiger partial charge in [-0.15, -0.1) is 0 Å². The molecule has 0 aliphatic rings. The van der Waals surface area contributed by atoms with Crippen LogP contribution in [-0.4, -0.2) is 33.9 Å². The van der Waals surface area contributed by atoms with E-state index < -0.39 is 22.0 Å². The van der Waals surface area contributed by atoms with Crippen LogP contribution in [0.5, 0.6) is 0 Å². The molecule has 0 saturated carbocycles. The van der Waals surface area contributed by atoms with E-state index in [1.54, 1.807) is 27.7 Å².